The molecule has 1 rings (SSSR count). The summed E-state index contributed by atoms with van der Waals surface area (Å²) >= 11 is 0. The fourth-order valence-corrected chi connectivity index (χ4v) is 1.65. The van der Waals surface area contributed by atoms with Gasteiger partial charge in [-0.25, -0.2) is 0 Å². The number of benzene rings is 1. The van der Waals surface area contributed by atoms with Crippen molar-refractivity contribution in [3.8, 4) is 0 Å². The van der Waals surface area contributed by atoms with Gasteiger partial charge in [-0.05, 0) is 24.6 Å². The van der Waals surface area contributed by atoms with Crippen LogP contribution >= 0.6 is 0 Å². The third-order valence-corrected chi connectivity index (χ3v) is 2.78. The predicted octanol–water partition coefficient (Wildman–Crippen LogP) is 0.646. The monoisotopic (exact) mass is 231 g/mol. The highest BCUT2D eigenvalue weighted by atomic mass is 32.2. The quantitative estimate of drug-likeness (QED) is 0.662. The van der Waals surface area contributed by atoms with Crippen molar-refractivity contribution in [2.24, 2.45) is 0 Å². The van der Waals surface area contributed by atoms with Crippen molar-refractivity contribution in [2.75, 3.05) is 18.5 Å². The number of aryl methyl sites for hydroxylation is 1. The van der Waals surface area contributed by atoms with Gasteiger partial charge in [0.2, 0.25) is 0 Å². The van der Waals surface area contributed by atoms with Gasteiger partial charge in [0.15, 0.2) is 0 Å². The summed E-state index contributed by atoms with van der Waals surface area (Å²) in [6.07, 6.45) is 0. The molecule has 0 atom stereocenters. The van der Waals surface area contributed by atoms with E-state index < -0.39 is 10.1 Å². The minimum atomic E-state index is -4.17. The highest BCUT2D eigenvalue weighted by molar-refractivity contribution is 7.85. The molecule has 84 valence electrons. The molecule has 0 fully saturated rings. The van der Waals surface area contributed by atoms with E-state index in [2.05, 4.69) is 5.32 Å². The van der Waals surface area contributed by atoms with Crippen LogP contribution in [-0.4, -0.2) is 31.2 Å². The van der Waals surface area contributed by atoms with E-state index in [-0.39, 0.29) is 11.5 Å². The average molecular weight is 231 g/mol. The molecule has 1 aromatic rings. The van der Waals surface area contributed by atoms with Crippen LogP contribution in [0.4, 0.5) is 5.69 Å². The van der Waals surface area contributed by atoms with Crippen molar-refractivity contribution >= 4 is 15.8 Å². The predicted molar refractivity (Wildman–Crippen MR) is 56.6 cm³/mol. The maximum absolute atomic E-state index is 10.8. The van der Waals surface area contributed by atoms with E-state index >= 15 is 0 Å². The minimum absolute atomic E-state index is 0.0461. The summed E-state index contributed by atoms with van der Waals surface area (Å²) in [6, 6.07) is 4.25. The van der Waals surface area contributed by atoms with Crippen molar-refractivity contribution in [3.05, 3.63) is 23.8 Å². The summed E-state index contributed by atoms with van der Waals surface area (Å²) in [7, 11) is -4.17. The van der Waals surface area contributed by atoms with Crippen LogP contribution in [0.5, 0.6) is 0 Å². The smallest absolute Gasteiger partial charge is 0.294 e. The molecule has 0 saturated heterocycles. The lowest BCUT2D eigenvalue weighted by molar-refractivity contribution is 0.311. The highest BCUT2D eigenvalue weighted by Crippen LogP contribution is 2.19. The second-order valence-corrected chi connectivity index (χ2v) is 4.52. The number of anilines is 1. The Bertz CT molecular complexity index is 441. The van der Waals surface area contributed by atoms with Crippen molar-refractivity contribution in [1.82, 2.24) is 0 Å². The van der Waals surface area contributed by atoms with Crippen LogP contribution in [0, 0.1) is 6.92 Å². The maximum Gasteiger partial charge on any atom is 0.294 e. The molecule has 15 heavy (non-hydrogen) atoms. The first-order valence-electron chi connectivity index (χ1n) is 4.38. The molecule has 0 unspecified atom stereocenters. The van der Waals surface area contributed by atoms with Crippen LogP contribution in [0.1, 0.15) is 5.56 Å². The molecular formula is C9H13NO4S. The van der Waals surface area contributed by atoms with Crippen molar-refractivity contribution in [1.29, 1.82) is 0 Å². The zero-order valence-electron chi connectivity index (χ0n) is 8.27. The number of aliphatic hydroxyl groups excluding tert-OH is 1. The van der Waals surface area contributed by atoms with Crippen LogP contribution in [0.25, 0.3) is 0 Å². The molecular weight excluding hydrogens is 218 g/mol. The molecule has 0 amide bonds. The SMILES string of the molecule is Cc1ccc(S(=O)(=O)O)cc1NCCO. The molecule has 0 aromatic heterocycles. The Kier molecular flexibility index (Phi) is 3.67. The fourth-order valence-electron chi connectivity index (χ4n) is 1.14. The highest BCUT2D eigenvalue weighted by Gasteiger charge is 2.10. The Morgan fingerprint density at radius 2 is 2.07 bits per heavy atom. The minimum Gasteiger partial charge on any atom is -0.395 e. The molecule has 5 nitrogen and oxygen atoms in total. The molecule has 0 radical (unpaired) electrons. The fraction of sp³-hybridized carbons (Fsp3) is 0.333. The van der Waals surface area contributed by atoms with E-state index in [1.54, 1.807) is 13.0 Å². The zero-order valence-corrected chi connectivity index (χ0v) is 9.08. The Morgan fingerprint density at radius 1 is 1.40 bits per heavy atom. The Balaban J connectivity index is 3.06. The van der Waals surface area contributed by atoms with Gasteiger partial charge in [0, 0.05) is 12.2 Å². The van der Waals surface area contributed by atoms with E-state index in [1.807, 2.05) is 0 Å². The van der Waals surface area contributed by atoms with Crippen molar-refractivity contribution in [2.45, 2.75) is 11.8 Å². The summed E-state index contributed by atoms with van der Waals surface area (Å²) in [6.45, 7) is 2.08. The third kappa shape index (κ3) is 3.19. The number of hydrogen-bond acceptors (Lipinski definition) is 4. The molecule has 0 heterocycles. The summed E-state index contributed by atoms with van der Waals surface area (Å²) in [5.74, 6) is 0. The van der Waals surface area contributed by atoms with Crippen molar-refractivity contribution in [3.63, 3.8) is 0 Å². The van der Waals surface area contributed by atoms with Gasteiger partial charge in [0.1, 0.15) is 0 Å². The standard InChI is InChI=1S/C9H13NO4S/c1-7-2-3-8(15(12,13)14)6-9(7)10-4-5-11/h2-3,6,10-11H,4-5H2,1H3,(H,12,13,14). The molecule has 0 aliphatic rings. The van der Waals surface area contributed by atoms with Crippen molar-refractivity contribution < 1.29 is 18.1 Å². The average Bonchev–Trinajstić information content (AvgIpc) is 2.15. The van der Waals surface area contributed by atoms with Gasteiger partial charge in [0.05, 0.1) is 11.5 Å². The molecule has 0 spiro atoms. The molecule has 0 saturated carbocycles. The summed E-state index contributed by atoms with van der Waals surface area (Å²) in [5, 5.41) is 11.5. The Labute approximate surface area is 88.5 Å². The lowest BCUT2D eigenvalue weighted by Crippen LogP contribution is -2.08. The Hall–Kier alpha value is -1.11. The van der Waals surface area contributed by atoms with E-state index in [0.29, 0.717) is 12.2 Å². The molecule has 0 aliphatic heterocycles. The van der Waals surface area contributed by atoms with Crippen LogP contribution in [0.3, 0.4) is 0 Å². The topological polar surface area (TPSA) is 86.6 Å². The van der Waals surface area contributed by atoms with E-state index in [4.69, 9.17) is 9.66 Å². The largest absolute Gasteiger partial charge is 0.395 e. The second-order valence-electron chi connectivity index (χ2n) is 3.10. The molecule has 3 N–H and O–H groups in total. The first kappa shape index (κ1) is 12.0. The normalized spacial score (nSPS) is 11.4. The Morgan fingerprint density at radius 3 is 2.60 bits per heavy atom. The first-order chi connectivity index (χ1) is 6.95. The van der Waals surface area contributed by atoms with E-state index in [0.717, 1.165) is 5.56 Å². The lowest BCUT2D eigenvalue weighted by Gasteiger charge is -2.09. The number of nitrogens with one attached hydrogen (secondary N) is 1. The molecule has 6 heteroatoms. The molecule has 0 bridgehead atoms. The number of aliphatic hydroxyl groups is 1. The van der Waals surface area contributed by atoms with Gasteiger partial charge in [-0.15, -0.1) is 0 Å². The maximum atomic E-state index is 10.8. The van der Waals surface area contributed by atoms with Crippen LogP contribution in [0.2, 0.25) is 0 Å². The zero-order chi connectivity index (χ0) is 11.5. The first-order valence-corrected chi connectivity index (χ1v) is 5.82. The van der Waals surface area contributed by atoms with Gasteiger partial charge in [-0.1, -0.05) is 6.07 Å². The third-order valence-electron chi connectivity index (χ3n) is 1.93. The second kappa shape index (κ2) is 4.61. The number of hydrogen-bond donors (Lipinski definition) is 3. The summed E-state index contributed by atoms with van der Waals surface area (Å²) in [5.41, 5.74) is 1.43. The molecule has 0 aliphatic carbocycles. The van der Waals surface area contributed by atoms with Gasteiger partial charge in [0.25, 0.3) is 10.1 Å². The van der Waals surface area contributed by atoms with E-state index in [9.17, 15) is 8.42 Å². The summed E-state index contributed by atoms with van der Waals surface area (Å²) in [4.78, 5) is -0.159. The van der Waals surface area contributed by atoms with Gasteiger partial charge in [-0.3, -0.25) is 4.55 Å². The van der Waals surface area contributed by atoms with Gasteiger partial charge < -0.3 is 10.4 Å². The lowest BCUT2D eigenvalue weighted by atomic mass is 10.2. The number of rotatable bonds is 4. The summed E-state index contributed by atoms with van der Waals surface area (Å²) < 4.78 is 30.5. The van der Waals surface area contributed by atoms with Crippen LogP contribution in [0.15, 0.2) is 23.1 Å². The van der Waals surface area contributed by atoms with Crippen LogP contribution in [-0.2, 0) is 10.1 Å². The van der Waals surface area contributed by atoms with E-state index in [1.165, 1.54) is 12.1 Å². The van der Waals surface area contributed by atoms with Gasteiger partial charge in [-0.2, -0.15) is 8.42 Å². The van der Waals surface area contributed by atoms with Crippen LogP contribution < -0.4 is 5.32 Å². The van der Waals surface area contributed by atoms with Gasteiger partial charge >= 0.3 is 0 Å². The molecule has 1 aromatic carbocycles.